The van der Waals surface area contributed by atoms with Crippen molar-refractivity contribution in [2.45, 2.75) is 32.7 Å². The fourth-order valence-electron chi connectivity index (χ4n) is 4.60. The van der Waals surface area contributed by atoms with Crippen LogP contribution in [0.5, 0.6) is 5.88 Å². The molecular formula is C25H23N5O. The van der Waals surface area contributed by atoms with Gasteiger partial charge in [0.05, 0.1) is 11.4 Å². The van der Waals surface area contributed by atoms with E-state index < -0.39 is 0 Å². The van der Waals surface area contributed by atoms with E-state index in [0.717, 1.165) is 35.2 Å². The molecule has 0 bridgehead atoms. The molecule has 2 aromatic carbocycles. The molecule has 0 spiro atoms. The number of nitriles is 1. The molecule has 3 heterocycles. The number of aromatic nitrogens is 3. The first-order valence-corrected chi connectivity index (χ1v) is 10.4. The van der Waals surface area contributed by atoms with E-state index in [0.29, 0.717) is 11.5 Å². The summed E-state index contributed by atoms with van der Waals surface area (Å²) in [4.78, 5) is 0. The van der Waals surface area contributed by atoms with Crippen LogP contribution in [0, 0.1) is 18.3 Å². The lowest BCUT2D eigenvalue weighted by Crippen LogP contribution is -2.21. The average Bonchev–Trinajstić information content (AvgIpc) is 3.34. The third-order valence-electron chi connectivity index (χ3n) is 6.03. The standard InChI is InChI=1S/C25H23N5O/c1-3-17-10-7-11-18-20(14-30(23(17)18)13-16-8-5-4-6-9-16)22-19(12-26)24(27)31-25-21(22)15(2)28-29-25/h4-11,14,22H,3,13,27H2,1-2H3,(H,28,29). The van der Waals surface area contributed by atoms with Gasteiger partial charge in [-0.25, -0.2) is 0 Å². The Bertz CT molecular complexity index is 1350. The van der Waals surface area contributed by atoms with E-state index in [2.05, 4.69) is 76.4 Å². The zero-order valence-electron chi connectivity index (χ0n) is 17.5. The quantitative estimate of drug-likeness (QED) is 0.519. The second kappa shape index (κ2) is 7.37. The first kappa shape index (κ1) is 19.0. The van der Waals surface area contributed by atoms with Gasteiger partial charge in [-0.15, -0.1) is 5.10 Å². The molecule has 6 nitrogen and oxygen atoms in total. The van der Waals surface area contributed by atoms with Crippen LogP contribution in [0.2, 0.25) is 0 Å². The van der Waals surface area contributed by atoms with Gasteiger partial charge in [-0.05, 0) is 30.0 Å². The summed E-state index contributed by atoms with van der Waals surface area (Å²) in [5.41, 5.74) is 13.0. The molecule has 1 aliphatic rings. The summed E-state index contributed by atoms with van der Waals surface area (Å²) in [6, 6.07) is 19.1. The topological polar surface area (TPSA) is 92.7 Å². The highest BCUT2D eigenvalue weighted by Crippen LogP contribution is 2.45. The van der Waals surface area contributed by atoms with Crippen molar-refractivity contribution in [3.05, 3.63) is 94.1 Å². The normalized spacial score (nSPS) is 15.6. The highest BCUT2D eigenvalue weighted by atomic mass is 16.5. The molecule has 3 N–H and O–H groups in total. The molecular weight excluding hydrogens is 386 g/mol. The predicted octanol–water partition coefficient (Wildman–Crippen LogP) is 4.50. The number of aromatic amines is 1. The fourth-order valence-corrected chi connectivity index (χ4v) is 4.60. The minimum Gasteiger partial charge on any atom is -0.420 e. The molecule has 2 aromatic heterocycles. The highest BCUT2D eigenvalue weighted by molar-refractivity contribution is 5.89. The molecule has 1 aliphatic heterocycles. The fraction of sp³-hybridized carbons (Fsp3) is 0.200. The maximum absolute atomic E-state index is 9.96. The van der Waals surface area contributed by atoms with Crippen LogP contribution in [0.1, 0.15) is 40.8 Å². The Hall–Kier alpha value is -3.98. The number of aryl methyl sites for hydroxylation is 2. The van der Waals surface area contributed by atoms with Crippen LogP contribution < -0.4 is 10.5 Å². The van der Waals surface area contributed by atoms with Crippen molar-refractivity contribution in [1.82, 2.24) is 14.8 Å². The number of nitrogens with one attached hydrogen (secondary N) is 1. The third kappa shape index (κ3) is 2.98. The number of ether oxygens (including phenoxy) is 1. The molecule has 31 heavy (non-hydrogen) atoms. The van der Waals surface area contributed by atoms with Gasteiger partial charge in [0.15, 0.2) is 0 Å². The van der Waals surface area contributed by atoms with Gasteiger partial charge in [-0.3, -0.25) is 5.10 Å². The molecule has 0 saturated heterocycles. The van der Waals surface area contributed by atoms with Crippen LogP contribution in [0.15, 0.2) is 66.2 Å². The molecule has 154 valence electrons. The largest absolute Gasteiger partial charge is 0.420 e. The predicted molar refractivity (Wildman–Crippen MR) is 119 cm³/mol. The number of rotatable bonds is 4. The van der Waals surface area contributed by atoms with E-state index in [1.165, 1.54) is 16.6 Å². The van der Waals surface area contributed by atoms with E-state index in [-0.39, 0.29) is 11.8 Å². The lowest BCUT2D eigenvalue weighted by molar-refractivity contribution is 0.379. The van der Waals surface area contributed by atoms with Crippen molar-refractivity contribution in [2.24, 2.45) is 5.73 Å². The van der Waals surface area contributed by atoms with E-state index in [1.807, 2.05) is 13.0 Å². The number of para-hydroxylation sites is 1. The number of hydrogen-bond acceptors (Lipinski definition) is 4. The van der Waals surface area contributed by atoms with Gasteiger partial charge in [0.1, 0.15) is 11.6 Å². The second-order valence-corrected chi connectivity index (χ2v) is 7.86. The van der Waals surface area contributed by atoms with Gasteiger partial charge >= 0.3 is 0 Å². The molecule has 6 heteroatoms. The number of hydrogen-bond donors (Lipinski definition) is 2. The van der Waals surface area contributed by atoms with Crippen LogP contribution in [0.3, 0.4) is 0 Å². The first-order valence-electron chi connectivity index (χ1n) is 10.4. The number of nitrogens with zero attached hydrogens (tertiary/aromatic N) is 3. The SMILES string of the molecule is CCc1cccc2c(C3C(C#N)=C(N)Oc4n[nH]c(C)c43)cn(Cc3ccccc3)c12. The maximum Gasteiger partial charge on any atom is 0.244 e. The molecule has 0 radical (unpaired) electrons. The Morgan fingerprint density at radius 2 is 2.00 bits per heavy atom. The Morgan fingerprint density at radius 3 is 2.74 bits per heavy atom. The maximum atomic E-state index is 9.96. The summed E-state index contributed by atoms with van der Waals surface area (Å²) < 4.78 is 7.94. The van der Waals surface area contributed by atoms with Crippen LogP contribution in [0.4, 0.5) is 0 Å². The second-order valence-electron chi connectivity index (χ2n) is 7.86. The minimum atomic E-state index is -0.334. The molecule has 4 aromatic rings. The summed E-state index contributed by atoms with van der Waals surface area (Å²) in [5.74, 6) is 0.218. The number of nitrogens with two attached hydrogens (primary N) is 1. The van der Waals surface area contributed by atoms with Gasteiger partial charge in [0.2, 0.25) is 11.8 Å². The third-order valence-corrected chi connectivity index (χ3v) is 6.03. The van der Waals surface area contributed by atoms with E-state index in [9.17, 15) is 5.26 Å². The van der Waals surface area contributed by atoms with Crippen LogP contribution in [-0.2, 0) is 13.0 Å². The van der Waals surface area contributed by atoms with E-state index in [1.54, 1.807) is 0 Å². The Labute approximate surface area is 180 Å². The smallest absolute Gasteiger partial charge is 0.244 e. The molecule has 5 rings (SSSR count). The number of fused-ring (bicyclic) bond motifs is 2. The van der Waals surface area contributed by atoms with Gasteiger partial charge in [-0.2, -0.15) is 5.26 Å². The van der Waals surface area contributed by atoms with Crippen LogP contribution in [-0.4, -0.2) is 14.8 Å². The zero-order chi connectivity index (χ0) is 21.5. The van der Waals surface area contributed by atoms with Crippen molar-refractivity contribution in [3.8, 4) is 11.9 Å². The van der Waals surface area contributed by atoms with Crippen molar-refractivity contribution in [3.63, 3.8) is 0 Å². The number of benzene rings is 2. The Kier molecular flexibility index (Phi) is 4.52. The summed E-state index contributed by atoms with van der Waals surface area (Å²) in [7, 11) is 0. The van der Waals surface area contributed by atoms with Gasteiger partial charge in [-0.1, -0.05) is 55.5 Å². The lowest BCUT2D eigenvalue weighted by atomic mass is 9.84. The molecule has 1 unspecified atom stereocenters. The first-order chi connectivity index (χ1) is 15.1. The van der Waals surface area contributed by atoms with Crippen molar-refractivity contribution < 1.29 is 4.74 Å². The molecule has 0 amide bonds. The van der Waals surface area contributed by atoms with Gasteiger partial charge < -0.3 is 15.0 Å². The Morgan fingerprint density at radius 1 is 1.19 bits per heavy atom. The number of H-pyrrole nitrogens is 1. The lowest BCUT2D eigenvalue weighted by Gasteiger charge is -2.23. The summed E-state index contributed by atoms with van der Waals surface area (Å²) in [6.45, 7) is 4.86. The average molecular weight is 409 g/mol. The van der Waals surface area contributed by atoms with Crippen LogP contribution >= 0.6 is 0 Å². The molecule has 0 saturated carbocycles. The monoisotopic (exact) mass is 409 g/mol. The summed E-state index contributed by atoms with van der Waals surface area (Å²) in [5, 5.41) is 18.3. The molecule has 0 aliphatic carbocycles. The summed E-state index contributed by atoms with van der Waals surface area (Å²) >= 11 is 0. The van der Waals surface area contributed by atoms with E-state index in [4.69, 9.17) is 10.5 Å². The van der Waals surface area contributed by atoms with Crippen molar-refractivity contribution in [2.75, 3.05) is 0 Å². The highest BCUT2D eigenvalue weighted by Gasteiger charge is 2.36. The van der Waals surface area contributed by atoms with Crippen molar-refractivity contribution in [1.29, 1.82) is 5.26 Å². The summed E-state index contributed by atoms with van der Waals surface area (Å²) in [6.07, 6.45) is 3.08. The van der Waals surface area contributed by atoms with Gasteiger partial charge in [0.25, 0.3) is 0 Å². The Balaban J connectivity index is 1.78. The van der Waals surface area contributed by atoms with Crippen LogP contribution in [0.25, 0.3) is 10.9 Å². The minimum absolute atomic E-state index is 0.113. The zero-order valence-corrected chi connectivity index (χ0v) is 17.5. The van der Waals surface area contributed by atoms with E-state index >= 15 is 0 Å². The molecule has 0 fully saturated rings. The molecule has 1 atom stereocenters. The number of allylic oxidation sites excluding steroid dienone is 1. The van der Waals surface area contributed by atoms with Crippen molar-refractivity contribution >= 4 is 10.9 Å². The van der Waals surface area contributed by atoms with Gasteiger partial charge in [0, 0.05) is 29.4 Å².